The lowest BCUT2D eigenvalue weighted by molar-refractivity contribution is -0.117. The largest absolute Gasteiger partial charge is 0.444 e. The fourth-order valence-electron chi connectivity index (χ4n) is 3.92. The van der Waals surface area contributed by atoms with E-state index in [0.29, 0.717) is 51.3 Å². The number of carbonyl (C=O) groups is 2. The number of rotatable bonds is 6. The Labute approximate surface area is 190 Å². The zero-order chi connectivity index (χ0) is 23.5. The Balaban J connectivity index is 1.49. The van der Waals surface area contributed by atoms with Crippen LogP contribution in [0.3, 0.4) is 0 Å². The van der Waals surface area contributed by atoms with Crippen molar-refractivity contribution in [3.63, 3.8) is 0 Å². The Hall–Kier alpha value is -2.17. The number of aryl methyl sites for hydroxylation is 1. The van der Waals surface area contributed by atoms with E-state index < -0.39 is 15.6 Å². The highest BCUT2D eigenvalue weighted by Crippen LogP contribution is 2.26. The van der Waals surface area contributed by atoms with Crippen LogP contribution >= 0.6 is 0 Å². The summed E-state index contributed by atoms with van der Waals surface area (Å²) in [4.78, 5) is 29.8. The first-order valence-electron chi connectivity index (χ1n) is 11.1. The van der Waals surface area contributed by atoms with Gasteiger partial charge in [-0.05, 0) is 57.9 Å². The first-order valence-corrected chi connectivity index (χ1v) is 12.6. The van der Waals surface area contributed by atoms with Gasteiger partial charge >= 0.3 is 6.09 Å². The molecule has 2 aliphatic heterocycles. The van der Waals surface area contributed by atoms with Crippen LogP contribution in [0.15, 0.2) is 23.1 Å². The predicted octanol–water partition coefficient (Wildman–Crippen LogP) is 1.95. The van der Waals surface area contributed by atoms with Crippen molar-refractivity contribution in [2.75, 3.05) is 50.7 Å². The normalized spacial score (nSPS) is 18.3. The number of carbonyl (C=O) groups excluding carboxylic acids is 2. The Morgan fingerprint density at radius 1 is 1.12 bits per heavy atom. The molecule has 2 amide bonds. The number of sulfonamides is 1. The average molecular weight is 467 g/mol. The van der Waals surface area contributed by atoms with Gasteiger partial charge in [0.05, 0.1) is 4.90 Å². The molecule has 10 heteroatoms. The van der Waals surface area contributed by atoms with Crippen molar-refractivity contribution < 1.29 is 22.7 Å². The maximum Gasteiger partial charge on any atom is 0.410 e. The molecule has 1 N–H and O–H groups in total. The van der Waals surface area contributed by atoms with Gasteiger partial charge in [-0.25, -0.2) is 17.9 Å². The quantitative estimate of drug-likeness (QED) is 0.688. The van der Waals surface area contributed by atoms with Gasteiger partial charge in [-0.15, -0.1) is 0 Å². The Bertz CT molecular complexity index is 950. The molecule has 2 aliphatic rings. The van der Waals surface area contributed by atoms with E-state index in [2.05, 4.69) is 9.62 Å². The molecule has 1 aromatic carbocycles. The van der Waals surface area contributed by atoms with E-state index in [4.69, 9.17) is 4.74 Å². The molecule has 2 saturated heterocycles. The third-order valence-corrected chi connectivity index (χ3v) is 7.20. The summed E-state index contributed by atoms with van der Waals surface area (Å²) in [5.74, 6) is 0.0740. The van der Waals surface area contributed by atoms with Crippen molar-refractivity contribution in [3.05, 3.63) is 23.8 Å². The van der Waals surface area contributed by atoms with Crippen molar-refractivity contribution in [3.8, 4) is 0 Å². The van der Waals surface area contributed by atoms with Crippen LogP contribution in [0.4, 0.5) is 10.5 Å². The molecule has 0 bridgehead atoms. The van der Waals surface area contributed by atoms with Crippen LogP contribution in [0.25, 0.3) is 0 Å². The number of hydrogen-bond acceptors (Lipinski definition) is 6. The average Bonchev–Trinajstić information content (AvgIpc) is 3.12. The van der Waals surface area contributed by atoms with Crippen LogP contribution < -0.4 is 9.62 Å². The summed E-state index contributed by atoms with van der Waals surface area (Å²) in [6.45, 7) is 11.2. The number of piperazine rings is 1. The second-order valence-corrected chi connectivity index (χ2v) is 11.0. The third kappa shape index (κ3) is 6.20. The molecular weight excluding hydrogens is 432 g/mol. The number of nitrogens with one attached hydrogen (secondary N) is 1. The zero-order valence-electron chi connectivity index (χ0n) is 19.4. The van der Waals surface area contributed by atoms with Crippen molar-refractivity contribution in [1.82, 2.24) is 14.5 Å². The van der Waals surface area contributed by atoms with Crippen LogP contribution in [-0.2, 0) is 19.6 Å². The molecule has 0 atom stereocenters. The summed E-state index contributed by atoms with van der Waals surface area (Å²) in [6, 6.07) is 5.02. The first kappa shape index (κ1) is 24.5. The third-order valence-electron chi connectivity index (χ3n) is 5.58. The molecule has 2 heterocycles. The number of ether oxygens (including phenoxy) is 1. The Morgan fingerprint density at radius 3 is 2.38 bits per heavy atom. The van der Waals surface area contributed by atoms with Crippen LogP contribution in [0.2, 0.25) is 0 Å². The van der Waals surface area contributed by atoms with Crippen molar-refractivity contribution in [2.45, 2.75) is 51.0 Å². The van der Waals surface area contributed by atoms with Gasteiger partial charge < -0.3 is 14.5 Å². The second kappa shape index (κ2) is 9.76. The topological polar surface area (TPSA) is 99.3 Å². The standard InChI is InChI=1S/C22H34N4O5S/c1-17-16-18(26-10-5-6-20(26)27)7-8-19(17)32(29,30)23-9-11-24-12-14-25(15-13-24)21(28)31-22(2,3)4/h7-8,16,23H,5-6,9-15H2,1-4H3. The van der Waals surface area contributed by atoms with Gasteiger partial charge in [0.15, 0.2) is 0 Å². The van der Waals surface area contributed by atoms with Gasteiger partial charge in [0.2, 0.25) is 15.9 Å². The highest BCUT2D eigenvalue weighted by molar-refractivity contribution is 7.89. The fraction of sp³-hybridized carbons (Fsp3) is 0.636. The summed E-state index contributed by atoms with van der Waals surface area (Å²) >= 11 is 0. The molecule has 0 aromatic heterocycles. The summed E-state index contributed by atoms with van der Waals surface area (Å²) in [6.07, 6.45) is 1.05. The molecule has 32 heavy (non-hydrogen) atoms. The SMILES string of the molecule is Cc1cc(N2CCCC2=O)ccc1S(=O)(=O)NCCN1CCN(C(=O)OC(C)(C)C)CC1. The van der Waals surface area contributed by atoms with E-state index in [1.165, 1.54) is 0 Å². The smallest absolute Gasteiger partial charge is 0.410 e. The van der Waals surface area contributed by atoms with E-state index >= 15 is 0 Å². The van der Waals surface area contributed by atoms with Crippen LogP contribution in [0.5, 0.6) is 0 Å². The number of hydrogen-bond donors (Lipinski definition) is 1. The zero-order valence-corrected chi connectivity index (χ0v) is 20.2. The maximum atomic E-state index is 12.8. The summed E-state index contributed by atoms with van der Waals surface area (Å²) in [5.41, 5.74) is 0.833. The first-order chi connectivity index (χ1) is 15.0. The van der Waals surface area contributed by atoms with Crippen LogP contribution in [0, 0.1) is 6.92 Å². The van der Waals surface area contributed by atoms with E-state index in [0.717, 1.165) is 12.1 Å². The van der Waals surface area contributed by atoms with Gasteiger partial charge in [-0.1, -0.05) is 0 Å². The molecule has 0 spiro atoms. The second-order valence-electron chi connectivity index (χ2n) is 9.31. The summed E-state index contributed by atoms with van der Waals surface area (Å²) in [5, 5.41) is 0. The minimum absolute atomic E-state index is 0.0740. The lowest BCUT2D eigenvalue weighted by Crippen LogP contribution is -2.51. The molecule has 0 radical (unpaired) electrons. The minimum Gasteiger partial charge on any atom is -0.444 e. The maximum absolute atomic E-state index is 12.8. The van der Waals surface area contributed by atoms with Crippen molar-refractivity contribution in [2.24, 2.45) is 0 Å². The van der Waals surface area contributed by atoms with Gasteiger partial charge in [0.1, 0.15) is 5.60 Å². The molecule has 0 saturated carbocycles. The lowest BCUT2D eigenvalue weighted by Gasteiger charge is -2.35. The number of amides is 2. The van der Waals surface area contributed by atoms with E-state index in [1.807, 2.05) is 20.8 Å². The molecule has 0 aliphatic carbocycles. The Kier molecular flexibility index (Phi) is 7.46. The van der Waals surface area contributed by atoms with Crippen molar-refractivity contribution in [1.29, 1.82) is 0 Å². The highest BCUT2D eigenvalue weighted by Gasteiger charge is 2.27. The fourth-order valence-corrected chi connectivity index (χ4v) is 5.17. The van der Waals surface area contributed by atoms with E-state index in [1.54, 1.807) is 34.9 Å². The monoisotopic (exact) mass is 466 g/mol. The molecule has 0 unspecified atom stereocenters. The lowest BCUT2D eigenvalue weighted by atomic mass is 10.2. The van der Waals surface area contributed by atoms with Crippen molar-refractivity contribution >= 4 is 27.7 Å². The Morgan fingerprint density at radius 2 is 1.81 bits per heavy atom. The molecule has 3 rings (SSSR count). The summed E-state index contributed by atoms with van der Waals surface area (Å²) < 4.78 is 33.6. The minimum atomic E-state index is -3.65. The van der Waals surface area contributed by atoms with Crippen LogP contribution in [0.1, 0.15) is 39.2 Å². The van der Waals surface area contributed by atoms with Gasteiger partial charge in [-0.2, -0.15) is 0 Å². The summed E-state index contributed by atoms with van der Waals surface area (Å²) in [7, 11) is -3.65. The van der Waals surface area contributed by atoms with Crippen LogP contribution in [-0.4, -0.2) is 81.6 Å². The molecular formula is C22H34N4O5S. The molecule has 2 fully saturated rings. The predicted molar refractivity (Wildman–Crippen MR) is 122 cm³/mol. The molecule has 1 aromatic rings. The van der Waals surface area contributed by atoms with Gasteiger partial charge in [0.25, 0.3) is 0 Å². The van der Waals surface area contributed by atoms with Gasteiger partial charge in [-0.3, -0.25) is 9.69 Å². The molecule has 178 valence electrons. The van der Waals surface area contributed by atoms with E-state index in [-0.39, 0.29) is 23.4 Å². The number of benzene rings is 1. The number of nitrogens with zero attached hydrogens (tertiary/aromatic N) is 3. The highest BCUT2D eigenvalue weighted by atomic mass is 32.2. The van der Waals surface area contributed by atoms with E-state index in [9.17, 15) is 18.0 Å². The van der Waals surface area contributed by atoms with Gasteiger partial charge in [0, 0.05) is 57.9 Å². The number of anilines is 1. The molecule has 9 nitrogen and oxygen atoms in total.